The number of para-hydroxylation sites is 1. The van der Waals surface area contributed by atoms with Crippen LogP contribution in [0.25, 0.3) is 0 Å². The number of nitrogens with zero attached hydrogens (tertiary/aromatic N) is 4. The summed E-state index contributed by atoms with van der Waals surface area (Å²) >= 11 is 0. The van der Waals surface area contributed by atoms with Gasteiger partial charge in [0.25, 0.3) is 5.91 Å². The monoisotopic (exact) mass is 418 g/mol. The van der Waals surface area contributed by atoms with Crippen LogP contribution in [-0.2, 0) is 23.0 Å². The summed E-state index contributed by atoms with van der Waals surface area (Å²) in [5, 5.41) is 4.34. The van der Waals surface area contributed by atoms with Crippen molar-refractivity contribution in [1.82, 2.24) is 19.0 Å². The van der Waals surface area contributed by atoms with Crippen LogP contribution < -0.4 is 4.74 Å². The minimum absolute atomic E-state index is 0.0556. The number of carbonyl (C=O) groups excluding carboxylic acids is 1. The fourth-order valence-corrected chi connectivity index (χ4v) is 5.53. The molecular formula is C20H26N4O4S. The van der Waals surface area contributed by atoms with Gasteiger partial charge < -0.3 is 9.64 Å². The molecule has 0 saturated carbocycles. The minimum atomic E-state index is -3.68. The van der Waals surface area contributed by atoms with Gasteiger partial charge in [-0.05, 0) is 38.3 Å². The maximum absolute atomic E-state index is 13.1. The average molecular weight is 419 g/mol. The Kier molecular flexibility index (Phi) is 5.60. The number of aryl methyl sites for hydroxylation is 1. The average Bonchev–Trinajstić information content (AvgIpc) is 3.18. The zero-order valence-electron chi connectivity index (χ0n) is 16.6. The van der Waals surface area contributed by atoms with E-state index in [0.717, 1.165) is 31.5 Å². The molecule has 1 aromatic heterocycles. The van der Waals surface area contributed by atoms with Gasteiger partial charge in [0.05, 0.1) is 24.1 Å². The largest absolute Gasteiger partial charge is 0.492 e. The van der Waals surface area contributed by atoms with E-state index >= 15 is 0 Å². The molecule has 0 N–H and O–H groups in total. The maximum atomic E-state index is 13.1. The van der Waals surface area contributed by atoms with E-state index in [1.165, 1.54) is 4.31 Å². The van der Waals surface area contributed by atoms with Crippen molar-refractivity contribution in [3.8, 4) is 5.75 Å². The van der Waals surface area contributed by atoms with E-state index in [0.29, 0.717) is 31.0 Å². The summed E-state index contributed by atoms with van der Waals surface area (Å²) in [6, 6.07) is 6.68. The standard InChI is InChI=1S/C20H26N4O4S/c1-2-28-18-8-3-4-9-19(18)29(26,27)23-13-11-22(12-14-23)20(25)16-15-21-24-10-6-5-7-17(16)24/h3-4,8-9,15H,2,5-7,10-14H2,1H3. The van der Waals surface area contributed by atoms with Crippen LogP contribution in [0.2, 0.25) is 0 Å². The van der Waals surface area contributed by atoms with Crippen molar-refractivity contribution in [2.75, 3.05) is 32.8 Å². The Morgan fingerprint density at radius 3 is 2.62 bits per heavy atom. The Bertz CT molecular complexity index is 994. The smallest absolute Gasteiger partial charge is 0.257 e. The highest BCUT2D eigenvalue weighted by atomic mass is 32.2. The molecule has 4 rings (SSSR count). The van der Waals surface area contributed by atoms with E-state index in [1.807, 2.05) is 11.6 Å². The third-order valence-corrected chi connectivity index (χ3v) is 7.44. The molecule has 156 valence electrons. The highest BCUT2D eigenvalue weighted by molar-refractivity contribution is 7.89. The van der Waals surface area contributed by atoms with Crippen LogP contribution in [0.4, 0.5) is 0 Å². The van der Waals surface area contributed by atoms with E-state index in [1.54, 1.807) is 35.4 Å². The second-order valence-electron chi connectivity index (χ2n) is 7.26. The molecule has 2 aromatic rings. The fraction of sp³-hybridized carbons (Fsp3) is 0.500. The van der Waals surface area contributed by atoms with Crippen LogP contribution in [-0.4, -0.2) is 66.1 Å². The van der Waals surface area contributed by atoms with Gasteiger partial charge in [0, 0.05) is 32.7 Å². The number of piperazine rings is 1. The summed E-state index contributed by atoms with van der Waals surface area (Å²) in [4.78, 5) is 14.9. The lowest BCUT2D eigenvalue weighted by atomic mass is 10.1. The van der Waals surface area contributed by atoms with Gasteiger partial charge in [-0.1, -0.05) is 12.1 Å². The Labute approximate surface area is 171 Å². The Morgan fingerprint density at radius 2 is 1.86 bits per heavy atom. The molecular weight excluding hydrogens is 392 g/mol. The van der Waals surface area contributed by atoms with E-state index in [4.69, 9.17) is 4.74 Å². The molecule has 2 aliphatic heterocycles. The minimum Gasteiger partial charge on any atom is -0.492 e. The number of hydrogen-bond donors (Lipinski definition) is 0. The van der Waals surface area contributed by atoms with Crippen molar-refractivity contribution in [2.24, 2.45) is 0 Å². The van der Waals surface area contributed by atoms with Crippen LogP contribution in [0.15, 0.2) is 35.4 Å². The molecule has 29 heavy (non-hydrogen) atoms. The van der Waals surface area contributed by atoms with Gasteiger partial charge in [-0.25, -0.2) is 8.42 Å². The lowest BCUT2D eigenvalue weighted by molar-refractivity contribution is 0.0696. The third kappa shape index (κ3) is 3.76. The summed E-state index contributed by atoms with van der Waals surface area (Å²) in [5.74, 6) is 0.305. The molecule has 3 heterocycles. The van der Waals surface area contributed by atoms with E-state index < -0.39 is 10.0 Å². The molecule has 2 aliphatic rings. The number of benzene rings is 1. The van der Waals surface area contributed by atoms with Gasteiger partial charge in [-0.2, -0.15) is 9.40 Å². The first-order chi connectivity index (χ1) is 14.0. The third-order valence-electron chi connectivity index (χ3n) is 5.51. The normalized spacial score (nSPS) is 17.8. The summed E-state index contributed by atoms with van der Waals surface area (Å²) in [6.07, 6.45) is 4.67. The summed E-state index contributed by atoms with van der Waals surface area (Å²) < 4.78 is 35.1. The molecule has 0 radical (unpaired) electrons. The predicted molar refractivity (Wildman–Crippen MR) is 107 cm³/mol. The lowest BCUT2D eigenvalue weighted by Crippen LogP contribution is -2.50. The second kappa shape index (κ2) is 8.16. The second-order valence-corrected chi connectivity index (χ2v) is 9.17. The first kappa shape index (κ1) is 19.9. The summed E-state index contributed by atoms with van der Waals surface area (Å²) in [6.45, 7) is 4.32. The topological polar surface area (TPSA) is 84.7 Å². The predicted octanol–water partition coefficient (Wildman–Crippen LogP) is 1.76. The van der Waals surface area contributed by atoms with E-state index in [2.05, 4.69) is 5.10 Å². The van der Waals surface area contributed by atoms with Crippen molar-refractivity contribution in [3.63, 3.8) is 0 Å². The molecule has 1 aromatic carbocycles. The molecule has 8 nitrogen and oxygen atoms in total. The van der Waals surface area contributed by atoms with Crippen molar-refractivity contribution in [1.29, 1.82) is 0 Å². The van der Waals surface area contributed by atoms with Crippen LogP contribution in [0.5, 0.6) is 5.75 Å². The zero-order chi connectivity index (χ0) is 20.4. The van der Waals surface area contributed by atoms with Gasteiger partial charge in [-0.3, -0.25) is 9.48 Å². The number of amides is 1. The van der Waals surface area contributed by atoms with Gasteiger partial charge in [0.2, 0.25) is 10.0 Å². The van der Waals surface area contributed by atoms with Gasteiger partial charge >= 0.3 is 0 Å². The molecule has 0 unspecified atom stereocenters. The first-order valence-electron chi connectivity index (χ1n) is 10.1. The molecule has 0 bridgehead atoms. The highest BCUT2D eigenvalue weighted by Crippen LogP contribution is 2.28. The number of rotatable bonds is 5. The number of carbonyl (C=O) groups is 1. The summed E-state index contributed by atoms with van der Waals surface area (Å²) in [7, 11) is -3.68. The van der Waals surface area contributed by atoms with Crippen LogP contribution in [0.3, 0.4) is 0 Å². The Morgan fingerprint density at radius 1 is 1.10 bits per heavy atom. The van der Waals surface area contributed by atoms with Crippen molar-refractivity contribution >= 4 is 15.9 Å². The van der Waals surface area contributed by atoms with Crippen LogP contribution >= 0.6 is 0 Å². The lowest BCUT2D eigenvalue weighted by Gasteiger charge is -2.34. The fourth-order valence-electron chi connectivity index (χ4n) is 3.98. The van der Waals surface area contributed by atoms with Crippen LogP contribution in [0.1, 0.15) is 35.8 Å². The van der Waals surface area contributed by atoms with Crippen molar-refractivity contribution in [2.45, 2.75) is 37.6 Å². The molecule has 1 amide bonds. The zero-order valence-corrected chi connectivity index (χ0v) is 17.4. The molecule has 0 spiro atoms. The van der Waals surface area contributed by atoms with E-state index in [-0.39, 0.29) is 23.9 Å². The van der Waals surface area contributed by atoms with E-state index in [9.17, 15) is 13.2 Å². The Hall–Kier alpha value is -2.39. The molecule has 9 heteroatoms. The summed E-state index contributed by atoms with van der Waals surface area (Å²) in [5.41, 5.74) is 1.66. The molecule has 1 fully saturated rings. The van der Waals surface area contributed by atoms with Gasteiger partial charge in [-0.15, -0.1) is 0 Å². The number of sulfonamides is 1. The maximum Gasteiger partial charge on any atom is 0.257 e. The van der Waals surface area contributed by atoms with Gasteiger partial charge in [0.15, 0.2) is 0 Å². The van der Waals surface area contributed by atoms with Crippen molar-refractivity contribution in [3.05, 3.63) is 41.7 Å². The number of ether oxygens (including phenoxy) is 1. The number of aromatic nitrogens is 2. The molecule has 0 aliphatic carbocycles. The highest BCUT2D eigenvalue weighted by Gasteiger charge is 2.33. The number of fused-ring (bicyclic) bond motifs is 1. The van der Waals surface area contributed by atoms with Crippen LogP contribution in [0, 0.1) is 0 Å². The SMILES string of the molecule is CCOc1ccccc1S(=O)(=O)N1CCN(C(=O)c2cnn3c2CCCC3)CC1. The Balaban J connectivity index is 1.47. The quantitative estimate of drug-likeness (QED) is 0.739. The first-order valence-corrected chi connectivity index (χ1v) is 11.5. The molecule has 1 saturated heterocycles. The number of hydrogen-bond acceptors (Lipinski definition) is 5. The molecule has 0 atom stereocenters. The van der Waals surface area contributed by atoms with Crippen molar-refractivity contribution < 1.29 is 17.9 Å². The van der Waals surface area contributed by atoms with Gasteiger partial charge in [0.1, 0.15) is 10.6 Å².